The van der Waals surface area contributed by atoms with E-state index in [9.17, 15) is 4.79 Å². The summed E-state index contributed by atoms with van der Waals surface area (Å²) < 4.78 is 11.5. The lowest BCUT2D eigenvalue weighted by atomic mass is 9.77. The van der Waals surface area contributed by atoms with E-state index in [0.29, 0.717) is 19.8 Å². The first-order chi connectivity index (χ1) is 15.7. The van der Waals surface area contributed by atoms with Crippen molar-refractivity contribution in [3.63, 3.8) is 0 Å². The topological polar surface area (TPSA) is 54.0 Å². The molecule has 0 atom stereocenters. The number of anilines is 1. The Morgan fingerprint density at radius 2 is 1.69 bits per heavy atom. The molecular formula is C26H33N3O3. The molecular weight excluding hydrogens is 402 g/mol. The van der Waals surface area contributed by atoms with Gasteiger partial charge in [-0.25, -0.2) is 0 Å². The molecule has 5 rings (SSSR count). The molecule has 6 heteroatoms. The van der Waals surface area contributed by atoms with Gasteiger partial charge in [-0.3, -0.25) is 4.79 Å². The van der Waals surface area contributed by atoms with Gasteiger partial charge in [0.25, 0.3) is 0 Å². The van der Waals surface area contributed by atoms with Crippen LogP contribution in [0.3, 0.4) is 0 Å². The largest absolute Gasteiger partial charge is 0.486 e. The third kappa shape index (κ3) is 4.04. The van der Waals surface area contributed by atoms with Crippen molar-refractivity contribution in [2.75, 3.05) is 51.3 Å². The average molecular weight is 436 g/mol. The highest BCUT2D eigenvalue weighted by atomic mass is 16.6. The van der Waals surface area contributed by atoms with E-state index in [1.807, 2.05) is 12.1 Å². The van der Waals surface area contributed by atoms with Crippen LogP contribution in [0.5, 0.6) is 11.5 Å². The van der Waals surface area contributed by atoms with Crippen LogP contribution in [0.2, 0.25) is 0 Å². The maximum absolute atomic E-state index is 13.6. The molecule has 170 valence electrons. The number of piperazine rings is 1. The molecule has 1 saturated carbocycles. The van der Waals surface area contributed by atoms with Crippen molar-refractivity contribution in [2.45, 2.75) is 37.6 Å². The summed E-state index contributed by atoms with van der Waals surface area (Å²) in [6, 6.07) is 14.5. The molecule has 2 aromatic carbocycles. The summed E-state index contributed by atoms with van der Waals surface area (Å²) in [6.45, 7) is 5.84. The van der Waals surface area contributed by atoms with Crippen molar-refractivity contribution in [1.82, 2.24) is 10.2 Å². The fourth-order valence-electron chi connectivity index (χ4n) is 5.33. The van der Waals surface area contributed by atoms with Crippen LogP contribution in [0.4, 0.5) is 5.69 Å². The molecule has 2 fully saturated rings. The first-order valence-corrected chi connectivity index (χ1v) is 11.9. The third-order valence-electron chi connectivity index (χ3n) is 7.26. The Balaban J connectivity index is 1.34. The molecule has 2 heterocycles. The summed E-state index contributed by atoms with van der Waals surface area (Å²) in [5, 5.41) is 3.30. The van der Waals surface area contributed by atoms with Gasteiger partial charge in [-0.2, -0.15) is 0 Å². The van der Waals surface area contributed by atoms with E-state index in [1.54, 1.807) is 0 Å². The van der Waals surface area contributed by atoms with Crippen molar-refractivity contribution in [1.29, 1.82) is 0 Å². The number of hydrogen-bond donors (Lipinski definition) is 1. The molecule has 1 amide bonds. The molecule has 0 spiro atoms. The van der Waals surface area contributed by atoms with Crippen LogP contribution in [0.1, 0.15) is 36.8 Å². The van der Waals surface area contributed by atoms with Gasteiger partial charge in [-0.15, -0.1) is 0 Å². The zero-order valence-electron chi connectivity index (χ0n) is 18.9. The molecule has 0 radical (unpaired) electrons. The van der Waals surface area contributed by atoms with Crippen molar-refractivity contribution in [3.8, 4) is 11.5 Å². The molecule has 1 aliphatic carbocycles. The van der Waals surface area contributed by atoms with Crippen LogP contribution in [0.25, 0.3) is 0 Å². The van der Waals surface area contributed by atoms with Crippen molar-refractivity contribution < 1.29 is 14.3 Å². The van der Waals surface area contributed by atoms with Gasteiger partial charge in [0.05, 0.1) is 5.41 Å². The van der Waals surface area contributed by atoms with Crippen LogP contribution in [-0.2, 0) is 16.8 Å². The van der Waals surface area contributed by atoms with Gasteiger partial charge in [0.15, 0.2) is 11.5 Å². The zero-order valence-corrected chi connectivity index (χ0v) is 18.9. The molecule has 3 aliphatic rings. The summed E-state index contributed by atoms with van der Waals surface area (Å²) in [7, 11) is 2.17. The van der Waals surface area contributed by atoms with E-state index >= 15 is 0 Å². The van der Waals surface area contributed by atoms with Gasteiger partial charge < -0.3 is 24.6 Å². The molecule has 1 N–H and O–H groups in total. The summed E-state index contributed by atoms with van der Waals surface area (Å²) in [5.74, 6) is 1.66. The molecule has 1 saturated heterocycles. The van der Waals surface area contributed by atoms with E-state index in [4.69, 9.17) is 9.47 Å². The number of para-hydroxylation sites is 1. The predicted octanol–water partition coefficient (Wildman–Crippen LogP) is 3.34. The van der Waals surface area contributed by atoms with Crippen molar-refractivity contribution in [3.05, 3.63) is 53.6 Å². The van der Waals surface area contributed by atoms with E-state index in [-0.39, 0.29) is 5.91 Å². The summed E-state index contributed by atoms with van der Waals surface area (Å²) in [4.78, 5) is 18.4. The predicted molar refractivity (Wildman–Crippen MR) is 126 cm³/mol. The van der Waals surface area contributed by atoms with E-state index < -0.39 is 5.41 Å². The van der Waals surface area contributed by atoms with Gasteiger partial charge >= 0.3 is 0 Å². The summed E-state index contributed by atoms with van der Waals surface area (Å²) >= 11 is 0. The number of fused-ring (bicyclic) bond motifs is 1. The van der Waals surface area contributed by atoms with Crippen LogP contribution in [0.15, 0.2) is 42.5 Å². The quantitative estimate of drug-likeness (QED) is 0.781. The number of likely N-dealkylation sites (N-methyl/N-ethyl adjacent to an activating group) is 1. The highest BCUT2D eigenvalue weighted by Gasteiger charge is 2.43. The number of amides is 1. The van der Waals surface area contributed by atoms with Crippen LogP contribution in [-0.4, -0.2) is 57.2 Å². The highest BCUT2D eigenvalue weighted by Crippen LogP contribution is 2.44. The van der Waals surface area contributed by atoms with Gasteiger partial charge in [0.1, 0.15) is 13.2 Å². The first kappa shape index (κ1) is 21.1. The number of hydrogen-bond acceptors (Lipinski definition) is 5. The minimum absolute atomic E-state index is 0.125. The number of ether oxygens (including phenoxy) is 2. The Morgan fingerprint density at radius 3 is 2.47 bits per heavy atom. The number of nitrogens with zero attached hydrogens (tertiary/aromatic N) is 2. The summed E-state index contributed by atoms with van der Waals surface area (Å²) in [6.07, 6.45) is 3.89. The Labute approximate surface area is 190 Å². The van der Waals surface area contributed by atoms with Crippen LogP contribution < -0.4 is 19.7 Å². The normalized spacial score (nSPS) is 20.2. The van der Waals surface area contributed by atoms with E-state index in [0.717, 1.165) is 68.9 Å². The third-order valence-corrected chi connectivity index (χ3v) is 7.26. The van der Waals surface area contributed by atoms with Crippen molar-refractivity contribution >= 4 is 11.6 Å². The first-order valence-electron chi connectivity index (χ1n) is 11.9. The second-order valence-corrected chi connectivity index (χ2v) is 9.25. The maximum Gasteiger partial charge on any atom is 0.230 e. The second-order valence-electron chi connectivity index (χ2n) is 9.25. The molecule has 0 unspecified atom stereocenters. The van der Waals surface area contributed by atoms with Crippen LogP contribution >= 0.6 is 0 Å². The van der Waals surface area contributed by atoms with Gasteiger partial charge in [-0.1, -0.05) is 37.1 Å². The monoisotopic (exact) mass is 435 g/mol. The van der Waals surface area contributed by atoms with Gasteiger partial charge in [-0.05, 0) is 49.2 Å². The highest BCUT2D eigenvalue weighted by molar-refractivity contribution is 5.89. The number of carbonyl (C=O) groups is 1. The number of rotatable bonds is 5. The van der Waals surface area contributed by atoms with Gasteiger partial charge in [0, 0.05) is 38.4 Å². The van der Waals surface area contributed by atoms with E-state index in [1.165, 1.54) is 11.3 Å². The molecule has 0 bridgehead atoms. The van der Waals surface area contributed by atoms with Crippen molar-refractivity contribution in [2.24, 2.45) is 0 Å². The lowest BCUT2D eigenvalue weighted by Gasteiger charge is -2.35. The van der Waals surface area contributed by atoms with Gasteiger partial charge in [0.2, 0.25) is 5.91 Å². The average Bonchev–Trinajstić information content (AvgIpc) is 3.34. The minimum atomic E-state index is -0.487. The lowest BCUT2D eigenvalue weighted by Crippen LogP contribution is -2.45. The SMILES string of the molecule is CN1CCN(c2ccccc2CNC(=O)C2(c3ccc4c(c3)OCCO4)CCCC2)CC1. The molecule has 2 aromatic rings. The standard InChI is InChI=1S/C26H33N3O3/c1-28-12-14-29(15-13-28)22-7-3-2-6-20(22)19-27-25(30)26(10-4-5-11-26)21-8-9-23-24(18-21)32-17-16-31-23/h2-3,6-9,18H,4-5,10-17,19H2,1H3,(H,27,30). The minimum Gasteiger partial charge on any atom is -0.486 e. The summed E-state index contributed by atoms with van der Waals surface area (Å²) in [5.41, 5.74) is 2.98. The second kappa shape index (κ2) is 9.02. The fraction of sp³-hybridized carbons (Fsp3) is 0.500. The lowest BCUT2D eigenvalue weighted by molar-refractivity contribution is -0.126. The molecule has 6 nitrogen and oxygen atoms in total. The Hall–Kier alpha value is -2.73. The number of nitrogens with one attached hydrogen (secondary N) is 1. The zero-order chi connectivity index (χ0) is 22.0. The smallest absolute Gasteiger partial charge is 0.230 e. The Morgan fingerprint density at radius 1 is 0.969 bits per heavy atom. The number of benzene rings is 2. The number of carbonyl (C=O) groups excluding carboxylic acids is 1. The molecule has 32 heavy (non-hydrogen) atoms. The van der Waals surface area contributed by atoms with E-state index in [2.05, 4.69) is 52.5 Å². The fourth-order valence-corrected chi connectivity index (χ4v) is 5.33. The molecule has 2 aliphatic heterocycles. The Kier molecular flexibility index (Phi) is 5.96. The molecule has 0 aromatic heterocycles. The maximum atomic E-state index is 13.6. The Bertz CT molecular complexity index is 963. The van der Waals surface area contributed by atoms with Crippen LogP contribution in [0, 0.1) is 0 Å².